The van der Waals surface area contributed by atoms with Crippen molar-refractivity contribution in [1.29, 1.82) is 0 Å². The second-order valence-electron chi connectivity index (χ2n) is 5.09. The molecular formula is C18H14N2O2. The monoisotopic (exact) mass is 290 g/mol. The van der Waals surface area contributed by atoms with E-state index in [1.165, 1.54) is 11.6 Å². The SMILES string of the molecule is Cc1ccc(/C=C/c2ccc3cccc([N+](=O)[O-])c3n2)cc1. The number of nitro groups is 1. The number of nitrogens with zero attached hydrogens (tertiary/aromatic N) is 2. The Morgan fingerprint density at radius 2 is 1.77 bits per heavy atom. The van der Waals surface area contributed by atoms with Crippen LogP contribution in [-0.2, 0) is 0 Å². The van der Waals surface area contributed by atoms with E-state index in [4.69, 9.17) is 0 Å². The predicted molar refractivity (Wildman–Crippen MR) is 88.5 cm³/mol. The second kappa shape index (κ2) is 5.77. The molecule has 4 nitrogen and oxygen atoms in total. The maximum Gasteiger partial charge on any atom is 0.295 e. The molecule has 1 aromatic heterocycles. The van der Waals surface area contributed by atoms with E-state index in [-0.39, 0.29) is 5.69 Å². The molecule has 0 saturated carbocycles. The molecule has 0 radical (unpaired) electrons. The molecule has 0 atom stereocenters. The molecule has 0 spiro atoms. The van der Waals surface area contributed by atoms with Crippen LogP contribution >= 0.6 is 0 Å². The quantitative estimate of drug-likeness (QED) is 0.522. The molecule has 4 heteroatoms. The van der Waals surface area contributed by atoms with Crippen LogP contribution in [0.25, 0.3) is 23.1 Å². The van der Waals surface area contributed by atoms with Crippen molar-refractivity contribution < 1.29 is 4.92 Å². The van der Waals surface area contributed by atoms with Crippen molar-refractivity contribution in [3.05, 3.63) is 81.5 Å². The van der Waals surface area contributed by atoms with Crippen molar-refractivity contribution in [1.82, 2.24) is 4.98 Å². The number of non-ortho nitro benzene ring substituents is 1. The Kier molecular flexibility index (Phi) is 3.66. The standard InChI is InChI=1S/C18H14N2O2/c1-13-5-7-14(8-6-13)9-11-16-12-10-15-3-2-4-17(20(21)22)18(15)19-16/h2-12H,1H3/b11-9+. The Hall–Kier alpha value is -3.01. The Balaban J connectivity index is 1.99. The van der Waals surface area contributed by atoms with Crippen LogP contribution in [0.4, 0.5) is 5.69 Å². The van der Waals surface area contributed by atoms with Crippen LogP contribution in [0, 0.1) is 17.0 Å². The van der Waals surface area contributed by atoms with Crippen LogP contribution < -0.4 is 0 Å². The molecular weight excluding hydrogens is 276 g/mol. The van der Waals surface area contributed by atoms with Gasteiger partial charge in [-0.1, -0.05) is 54.1 Å². The third-order valence-electron chi connectivity index (χ3n) is 3.44. The lowest BCUT2D eigenvalue weighted by Crippen LogP contribution is -1.92. The molecule has 0 bridgehead atoms. The number of hydrogen-bond donors (Lipinski definition) is 0. The lowest BCUT2D eigenvalue weighted by Gasteiger charge is -2.00. The van der Waals surface area contributed by atoms with Gasteiger partial charge in [0, 0.05) is 11.5 Å². The highest BCUT2D eigenvalue weighted by Crippen LogP contribution is 2.24. The summed E-state index contributed by atoms with van der Waals surface area (Å²) >= 11 is 0. The van der Waals surface area contributed by atoms with Crippen molar-refractivity contribution >= 4 is 28.7 Å². The number of rotatable bonds is 3. The second-order valence-corrected chi connectivity index (χ2v) is 5.09. The Bertz CT molecular complexity index is 868. The van der Waals surface area contributed by atoms with Crippen LogP contribution in [0.2, 0.25) is 0 Å². The minimum Gasteiger partial charge on any atom is -0.258 e. The third-order valence-corrected chi connectivity index (χ3v) is 3.44. The number of fused-ring (bicyclic) bond motifs is 1. The highest BCUT2D eigenvalue weighted by atomic mass is 16.6. The first-order valence-electron chi connectivity index (χ1n) is 6.92. The highest BCUT2D eigenvalue weighted by Gasteiger charge is 2.12. The van der Waals surface area contributed by atoms with Gasteiger partial charge in [0.15, 0.2) is 0 Å². The first kappa shape index (κ1) is 13.9. The normalized spacial score (nSPS) is 11.1. The number of pyridine rings is 1. The lowest BCUT2D eigenvalue weighted by atomic mass is 10.1. The minimum absolute atomic E-state index is 0.0306. The molecule has 3 rings (SSSR count). The van der Waals surface area contributed by atoms with Gasteiger partial charge in [0.2, 0.25) is 0 Å². The summed E-state index contributed by atoms with van der Waals surface area (Å²) in [6.45, 7) is 2.04. The molecule has 3 aromatic rings. The molecule has 0 aliphatic carbocycles. The maximum absolute atomic E-state index is 11.1. The van der Waals surface area contributed by atoms with Crippen molar-refractivity contribution in [2.75, 3.05) is 0 Å². The maximum atomic E-state index is 11.1. The molecule has 0 fully saturated rings. The number of aromatic nitrogens is 1. The summed E-state index contributed by atoms with van der Waals surface area (Å²) in [5, 5.41) is 11.9. The molecule has 0 N–H and O–H groups in total. The lowest BCUT2D eigenvalue weighted by molar-refractivity contribution is -0.383. The Labute approximate surface area is 127 Å². The van der Waals surface area contributed by atoms with Gasteiger partial charge in [-0.25, -0.2) is 4.98 Å². The first-order valence-corrected chi connectivity index (χ1v) is 6.92. The van der Waals surface area contributed by atoms with E-state index >= 15 is 0 Å². The molecule has 0 saturated heterocycles. The average Bonchev–Trinajstić information content (AvgIpc) is 2.53. The summed E-state index contributed by atoms with van der Waals surface area (Å²) in [7, 11) is 0. The summed E-state index contributed by atoms with van der Waals surface area (Å²) in [4.78, 5) is 15.1. The predicted octanol–water partition coefficient (Wildman–Crippen LogP) is 4.62. The fourth-order valence-electron chi connectivity index (χ4n) is 2.25. The van der Waals surface area contributed by atoms with Gasteiger partial charge in [0.1, 0.15) is 5.52 Å². The Morgan fingerprint density at radius 3 is 2.50 bits per heavy atom. The summed E-state index contributed by atoms with van der Waals surface area (Å²) in [5.41, 5.74) is 3.41. The number of benzene rings is 2. The minimum atomic E-state index is -0.400. The molecule has 0 amide bonds. The summed E-state index contributed by atoms with van der Waals surface area (Å²) in [6, 6.07) is 16.8. The fourth-order valence-corrected chi connectivity index (χ4v) is 2.25. The van der Waals surface area contributed by atoms with Crippen molar-refractivity contribution in [3.8, 4) is 0 Å². The van der Waals surface area contributed by atoms with E-state index in [1.54, 1.807) is 6.07 Å². The molecule has 1 heterocycles. The number of aryl methyl sites for hydroxylation is 1. The van der Waals surface area contributed by atoms with Gasteiger partial charge in [-0.2, -0.15) is 0 Å². The van der Waals surface area contributed by atoms with Gasteiger partial charge < -0.3 is 0 Å². The molecule has 22 heavy (non-hydrogen) atoms. The van der Waals surface area contributed by atoms with Crippen LogP contribution in [0.1, 0.15) is 16.8 Å². The average molecular weight is 290 g/mol. The largest absolute Gasteiger partial charge is 0.295 e. The summed E-state index contributed by atoms with van der Waals surface area (Å²) < 4.78 is 0. The van der Waals surface area contributed by atoms with E-state index in [9.17, 15) is 10.1 Å². The van der Waals surface area contributed by atoms with Gasteiger partial charge in [0.05, 0.1) is 10.6 Å². The number of hydrogen-bond acceptors (Lipinski definition) is 3. The van der Waals surface area contributed by atoms with Crippen molar-refractivity contribution in [2.45, 2.75) is 6.92 Å². The van der Waals surface area contributed by atoms with Gasteiger partial charge in [-0.15, -0.1) is 0 Å². The van der Waals surface area contributed by atoms with Gasteiger partial charge in [-0.3, -0.25) is 10.1 Å². The summed E-state index contributed by atoms with van der Waals surface area (Å²) in [5.74, 6) is 0. The number of nitro benzene ring substituents is 1. The Morgan fingerprint density at radius 1 is 1.00 bits per heavy atom. The van der Waals surface area contributed by atoms with E-state index in [0.29, 0.717) is 11.2 Å². The van der Waals surface area contributed by atoms with E-state index in [2.05, 4.69) is 4.98 Å². The number of para-hydroxylation sites is 1. The molecule has 0 aliphatic rings. The van der Waals surface area contributed by atoms with Crippen molar-refractivity contribution in [2.24, 2.45) is 0 Å². The molecule has 108 valence electrons. The fraction of sp³-hybridized carbons (Fsp3) is 0.0556. The highest BCUT2D eigenvalue weighted by molar-refractivity contribution is 5.88. The topological polar surface area (TPSA) is 56.0 Å². The smallest absolute Gasteiger partial charge is 0.258 e. The van der Waals surface area contributed by atoms with E-state index < -0.39 is 4.92 Å². The van der Waals surface area contributed by atoms with Crippen LogP contribution in [0.5, 0.6) is 0 Å². The van der Waals surface area contributed by atoms with Crippen LogP contribution in [0.15, 0.2) is 54.6 Å². The van der Waals surface area contributed by atoms with E-state index in [1.807, 2.05) is 61.5 Å². The first-order chi connectivity index (χ1) is 10.6. The van der Waals surface area contributed by atoms with Gasteiger partial charge in [0.25, 0.3) is 5.69 Å². The zero-order chi connectivity index (χ0) is 15.5. The van der Waals surface area contributed by atoms with Crippen LogP contribution in [0.3, 0.4) is 0 Å². The van der Waals surface area contributed by atoms with Crippen LogP contribution in [-0.4, -0.2) is 9.91 Å². The van der Waals surface area contributed by atoms with Gasteiger partial charge in [-0.05, 0) is 24.6 Å². The third kappa shape index (κ3) is 2.86. The zero-order valence-electron chi connectivity index (χ0n) is 12.1. The summed E-state index contributed by atoms with van der Waals surface area (Å²) in [6.07, 6.45) is 3.81. The van der Waals surface area contributed by atoms with Gasteiger partial charge >= 0.3 is 0 Å². The van der Waals surface area contributed by atoms with Crippen molar-refractivity contribution in [3.63, 3.8) is 0 Å². The molecule has 2 aromatic carbocycles. The molecule has 0 aliphatic heterocycles. The zero-order valence-corrected chi connectivity index (χ0v) is 12.1. The van der Waals surface area contributed by atoms with E-state index in [0.717, 1.165) is 10.9 Å². The molecule has 0 unspecified atom stereocenters.